The van der Waals surface area contributed by atoms with Crippen LogP contribution in [-0.4, -0.2) is 85.8 Å². The Kier molecular flexibility index (Phi) is 7.64. The molecule has 0 aromatic carbocycles. The van der Waals surface area contributed by atoms with E-state index in [0.717, 1.165) is 84.3 Å². The molecular weight excluding hydrogens is 526 g/mol. The van der Waals surface area contributed by atoms with E-state index in [2.05, 4.69) is 49.9 Å². The van der Waals surface area contributed by atoms with Gasteiger partial charge in [-0.3, -0.25) is 9.59 Å². The molecule has 0 aromatic heterocycles. The number of hydrogen-bond donors (Lipinski definition) is 1. The van der Waals surface area contributed by atoms with Crippen LogP contribution in [0.3, 0.4) is 0 Å². The Morgan fingerprint density at radius 2 is 1.79 bits per heavy atom. The molecule has 42 heavy (non-hydrogen) atoms. The number of carbonyl (C=O) groups is 2. The number of ether oxygens (including phenoxy) is 2. The van der Waals surface area contributed by atoms with Gasteiger partial charge in [-0.15, -0.1) is 0 Å². The van der Waals surface area contributed by atoms with E-state index < -0.39 is 5.79 Å². The van der Waals surface area contributed by atoms with Crippen molar-refractivity contribution in [2.45, 2.75) is 110 Å². The number of ketones is 1. The fraction of sp³-hybridized carbons (Fsp3) is 0.943. The Morgan fingerprint density at radius 1 is 1.00 bits per heavy atom. The Hall–Kier alpha value is -1.02. The molecule has 236 valence electrons. The zero-order valence-electron chi connectivity index (χ0n) is 27.0. The second kappa shape index (κ2) is 10.8. The highest BCUT2D eigenvalue weighted by Crippen LogP contribution is 2.70. The van der Waals surface area contributed by atoms with Crippen molar-refractivity contribution in [1.82, 2.24) is 15.1 Å². The van der Waals surface area contributed by atoms with E-state index in [-0.39, 0.29) is 34.7 Å². The van der Waals surface area contributed by atoms with E-state index in [4.69, 9.17) is 9.47 Å². The van der Waals surface area contributed by atoms with Gasteiger partial charge in [-0.25, -0.2) is 0 Å². The van der Waals surface area contributed by atoms with Crippen LogP contribution in [0.4, 0.5) is 0 Å². The lowest BCUT2D eigenvalue weighted by Crippen LogP contribution is -2.59. The summed E-state index contributed by atoms with van der Waals surface area (Å²) in [5.74, 6) is 3.55. The third-order valence-corrected chi connectivity index (χ3v) is 14.4. The molecule has 3 saturated heterocycles. The molecule has 1 amide bonds. The molecule has 12 atom stereocenters. The minimum Gasteiger partial charge on any atom is -0.353 e. The Bertz CT molecular complexity index is 1050. The first-order valence-electron chi connectivity index (χ1n) is 17.6. The number of carbonyl (C=O) groups excluding carboxylic acids is 2. The van der Waals surface area contributed by atoms with Crippen LogP contribution in [0.25, 0.3) is 0 Å². The van der Waals surface area contributed by atoms with E-state index in [1.165, 1.54) is 12.8 Å². The number of likely N-dealkylation sites (N-methyl/N-ethyl adjacent to an activating group) is 1. The molecule has 7 rings (SSSR count). The number of amides is 1. The molecule has 0 aromatic rings. The van der Waals surface area contributed by atoms with Crippen LogP contribution in [-0.2, 0) is 19.1 Å². The van der Waals surface area contributed by atoms with E-state index in [1.54, 1.807) is 0 Å². The second-order valence-electron chi connectivity index (χ2n) is 16.5. The van der Waals surface area contributed by atoms with E-state index in [0.29, 0.717) is 47.8 Å². The Morgan fingerprint density at radius 3 is 2.52 bits per heavy atom. The first-order valence-corrected chi connectivity index (χ1v) is 17.6. The molecule has 3 heterocycles. The van der Waals surface area contributed by atoms with Gasteiger partial charge < -0.3 is 24.6 Å². The van der Waals surface area contributed by atoms with Gasteiger partial charge in [0, 0.05) is 75.3 Å². The summed E-state index contributed by atoms with van der Waals surface area (Å²) in [7, 11) is 2.17. The highest BCUT2D eigenvalue weighted by molar-refractivity contribution is 5.87. The van der Waals surface area contributed by atoms with Gasteiger partial charge in [-0.1, -0.05) is 27.7 Å². The van der Waals surface area contributed by atoms with Crippen LogP contribution < -0.4 is 5.32 Å². The third kappa shape index (κ3) is 4.65. The molecule has 0 bridgehead atoms. The number of hydrogen-bond acceptors (Lipinski definition) is 6. The van der Waals surface area contributed by atoms with Gasteiger partial charge in [-0.2, -0.15) is 0 Å². The van der Waals surface area contributed by atoms with Crippen LogP contribution in [0.1, 0.15) is 91.9 Å². The number of nitrogens with one attached hydrogen (secondary N) is 1. The van der Waals surface area contributed by atoms with Gasteiger partial charge in [0.2, 0.25) is 5.91 Å². The lowest BCUT2D eigenvalue weighted by molar-refractivity contribution is -0.272. The lowest BCUT2D eigenvalue weighted by atomic mass is 9.44. The van der Waals surface area contributed by atoms with Crippen molar-refractivity contribution in [1.29, 1.82) is 0 Å². The molecule has 4 saturated carbocycles. The molecule has 7 nitrogen and oxygen atoms in total. The molecule has 7 aliphatic rings. The van der Waals surface area contributed by atoms with Gasteiger partial charge in [0.05, 0.1) is 12.7 Å². The zero-order chi connectivity index (χ0) is 29.4. The van der Waals surface area contributed by atoms with Crippen molar-refractivity contribution >= 4 is 11.7 Å². The summed E-state index contributed by atoms with van der Waals surface area (Å²) in [5, 5.41) is 3.43. The highest BCUT2D eigenvalue weighted by atomic mass is 16.7. The monoisotopic (exact) mass is 583 g/mol. The van der Waals surface area contributed by atoms with Crippen LogP contribution in [0.15, 0.2) is 0 Å². The smallest absolute Gasteiger partial charge is 0.221 e. The van der Waals surface area contributed by atoms with Gasteiger partial charge >= 0.3 is 0 Å². The predicted octanol–water partition coefficient (Wildman–Crippen LogP) is 4.73. The summed E-state index contributed by atoms with van der Waals surface area (Å²) >= 11 is 0. The summed E-state index contributed by atoms with van der Waals surface area (Å²) in [4.78, 5) is 32.1. The Balaban J connectivity index is 0.991. The molecule has 1 N–H and O–H groups in total. The van der Waals surface area contributed by atoms with Gasteiger partial charge in [0.1, 0.15) is 5.78 Å². The summed E-state index contributed by atoms with van der Waals surface area (Å²) < 4.78 is 13.3. The standard InChI is InChI=1S/C35H57N3O4/c1-22-8-12-35(41-21-22)23(2)32-29(42-35)19-28-26-7-6-24-18-25(36-31(40)10-13-38-16-14-37(5)15-17-38)9-11-33(24,3)27(26)20-30(39)34(28,32)4/h22-29,32H,6-21H2,1-5H3,(H,36,40)/t22-,23+,24+,25-,26-,27+,28+,29+,32+,33+,34-,35-/m1/s1. The van der Waals surface area contributed by atoms with E-state index in [1.807, 2.05) is 0 Å². The van der Waals surface area contributed by atoms with E-state index >= 15 is 0 Å². The number of Topliss-reactive ketones (excluding diaryl/α,β-unsaturated/α-hetero) is 1. The molecule has 0 unspecified atom stereocenters. The van der Waals surface area contributed by atoms with Crippen molar-refractivity contribution in [3.05, 3.63) is 0 Å². The Labute approximate surface area is 254 Å². The van der Waals surface area contributed by atoms with Crippen molar-refractivity contribution in [2.75, 3.05) is 46.4 Å². The van der Waals surface area contributed by atoms with Gasteiger partial charge in [-0.05, 0) is 87.0 Å². The fourth-order valence-corrected chi connectivity index (χ4v) is 11.7. The minimum absolute atomic E-state index is 0.161. The molecule has 4 aliphatic carbocycles. The zero-order valence-corrected chi connectivity index (χ0v) is 27.0. The van der Waals surface area contributed by atoms with Crippen LogP contribution in [0.5, 0.6) is 0 Å². The normalized spacial score (nSPS) is 51.1. The van der Waals surface area contributed by atoms with Crippen LogP contribution >= 0.6 is 0 Å². The number of nitrogens with zero attached hydrogens (tertiary/aromatic N) is 2. The minimum atomic E-state index is -0.468. The van der Waals surface area contributed by atoms with Crippen LogP contribution in [0.2, 0.25) is 0 Å². The predicted molar refractivity (Wildman–Crippen MR) is 163 cm³/mol. The third-order valence-electron chi connectivity index (χ3n) is 14.4. The molecule has 0 radical (unpaired) electrons. The largest absolute Gasteiger partial charge is 0.353 e. The van der Waals surface area contributed by atoms with Gasteiger partial charge in [0.25, 0.3) is 0 Å². The lowest BCUT2D eigenvalue weighted by Gasteiger charge is -2.60. The van der Waals surface area contributed by atoms with Crippen molar-refractivity contribution in [2.24, 2.45) is 52.3 Å². The first-order chi connectivity index (χ1) is 20.0. The van der Waals surface area contributed by atoms with Crippen molar-refractivity contribution < 1.29 is 19.1 Å². The average molecular weight is 584 g/mol. The quantitative estimate of drug-likeness (QED) is 0.516. The number of fused-ring (bicyclic) bond motifs is 7. The molecule has 1 spiro atoms. The summed E-state index contributed by atoms with van der Waals surface area (Å²) in [5.41, 5.74) is -0.0751. The number of piperazine rings is 1. The molecule has 7 fully saturated rings. The number of rotatable bonds is 4. The van der Waals surface area contributed by atoms with E-state index in [9.17, 15) is 9.59 Å². The average Bonchev–Trinajstić information content (AvgIpc) is 3.41. The first kappa shape index (κ1) is 29.7. The SMILES string of the molecule is C[C@@H]1CC[C@@]2(OC1)O[C@H]1C[C@H]3[C@@H]4CC[C@H]5C[C@H](NC(=O)CCN6CCN(C)CC6)CC[C@]5(C)[C@H]4CC(=O)[C@]3(C)[C@H]1[C@@H]2C. The maximum Gasteiger partial charge on any atom is 0.221 e. The highest BCUT2D eigenvalue weighted by Gasteiger charge is 2.71. The second-order valence-corrected chi connectivity index (χ2v) is 16.5. The van der Waals surface area contributed by atoms with Crippen molar-refractivity contribution in [3.63, 3.8) is 0 Å². The molecule has 3 aliphatic heterocycles. The van der Waals surface area contributed by atoms with Crippen LogP contribution in [0, 0.1) is 52.3 Å². The topological polar surface area (TPSA) is 71.1 Å². The summed E-state index contributed by atoms with van der Waals surface area (Å²) in [6, 6.07) is 0.290. The maximum atomic E-state index is 14.4. The summed E-state index contributed by atoms with van der Waals surface area (Å²) in [6.45, 7) is 15.4. The molecular formula is C35H57N3O4. The molecule has 7 heteroatoms. The van der Waals surface area contributed by atoms with Crippen molar-refractivity contribution in [3.8, 4) is 0 Å². The maximum absolute atomic E-state index is 14.4. The van der Waals surface area contributed by atoms with Gasteiger partial charge in [0.15, 0.2) is 5.79 Å². The fourth-order valence-electron chi connectivity index (χ4n) is 11.7. The summed E-state index contributed by atoms with van der Waals surface area (Å²) in [6.07, 6.45) is 10.4.